The molecule has 0 saturated carbocycles. The molecule has 0 bridgehead atoms. The topological polar surface area (TPSA) is 522 Å². The number of hydrogen-bond donors (Lipinski definition) is 14. The van der Waals surface area contributed by atoms with E-state index in [1.54, 1.807) is 23.9 Å². The Morgan fingerprint density at radius 2 is 0.629 bits per heavy atom. The molecule has 0 unspecified atom stereocenters. The molecule has 0 aromatic rings. The molecule has 0 spiro atoms. The van der Waals surface area contributed by atoms with E-state index in [-0.39, 0.29) is 225 Å². The van der Waals surface area contributed by atoms with Crippen LogP contribution in [0.15, 0.2) is 0 Å². The second-order valence-electron chi connectivity index (χ2n) is 24.6. The average molecular weight is 1510 g/mol. The molecule has 3 atom stereocenters. The summed E-state index contributed by atoms with van der Waals surface area (Å²) in [6, 6.07) is -1.80. The number of nitrogens with one attached hydrogen (secondary N) is 10. The highest BCUT2D eigenvalue weighted by atomic mass is 16.5. The van der Waals surface area contributed by atoms with Gasteiger partial charge in [0.05, 0.1) is 118 Å². The molecule has 0 radical (unpaired) electrons. The first-order chi connectivity index (χ1) is 50.5. The summed E-state index contributed by atoms with van der Waals surface area (Å²) in [5.74, 6) is -5.69. The maximum Gasteiger partial charge on any atom is 0.317 e. The Labute approximate surface area is 615 Å². The van der Waals surface area contributed by atoms with Crippen LogP contribution in [0.5, 0.6) is 0 Å². The molecule has 0 aliphatic carbocycles. The number of amides is 10. The minimum Gasteiger partial charge on any atom is -0.480 e. The molecule has 1 saturated heterocycles. The van der Waals surface area contributed by atoms with Gasteiger partial charge in [0.2, 0.25) is 59.1 Å². The van der Waals surface area contributed by atoms with Crippen molar-refractivity contribution in [1.29, 1.82) is 0 Å². The summed E-state index contributed by atoms with van der Waals surface area (Å²) in [4.78, 5) is 165. The zero-order valence-electron chi connectivity index (χ0n) is 61.9. The van der Waals surface area contributed by atoms with Crippen LogP contribution in [0.4, 0.5) is 0 Å². The van der Waals surface area contributed by atoms with Crippen LogP contribution in [0.3, 0.4) is 0 Å². The number of carbonyl (C=O) groups is 13. The highest BCUT2D eigenvalue weighted by Crippen LogP contribution is 2.07. The number of carboxylic acid groups (broad SMARTS) is 2. The largest absolute Gasteiger partial charge is 0.480 e. The highest BCUT2D eigenvalue weighted by molar-refractivity contribution is 5.88. The van der Waals surface area contributed by atoms with E-state index in [0.29, 0.717) is 117 Å². The Bertz CT molecular complexity index is 2470. The lowest BCUT2D eigenvalue weighted by atomic mass is 10.1. The third-order valence-electron chi connectivity index (χ3n) is 15.7. The van der Waals surface area contributed by atoms with Crippen LogP contribution in [0.2, 0.25) is 0 Å². The molecule has 1 fully saturated rings. The zero-order valence-corrected chi connectivity index (χ0v) is 61.9. The van der Waals surface area contributed by atoms with Crippen molar-refractivity contribution in [3.63, 3.8) is 0 Å². The van der Waals surface area contributed by atoms with E-state index >= 15 is 0 Å². The zero-order chi connectivity index (χ0) is 77.5. The van der Waals surface area contributed by atoms with Crippen molar-refractivity contribution in [3.8, 4) is 0 Å². The SMILES string of the molecule is CN[C@@H](CCCCNC(=O)COCCOCCNC(=O)COCCOCCNC(=O)CCCC(=O)NCCCC[C@H](NC(=O)COCCOCCNC(=O)COCCOCCNC(=O)CN1CCN(CC(C)=O)CCN(CC(=O)O)CCN(CC(=O)O)CC1)C(=O)NCCCC[C@H](NC)C(N)=O)C(N)=O. The lowest BCUT2D eigenvalue weighted by molar-refractivity contribution is -0.140. The molecule has 39 nitrogen and oxygen atoms in total. The van der Waals surface area contributed by atoms with Gasteiger partial charge in [-0.05, 0) is 85.2 Å². The van der Waals surface area contributed by atoms with Gasteiger partial charge in [-0.15, -0.1) is 0 Å². The number of ketones is 1. The van der Waals surface area contributed by atoms with Crippen molar-refractivity contribution in [3.05, 3.63) is 0 Å². The van der Waals surface area contributed by atoms with Crippen LogP contribution >= 0.6 is 0 Å². The summed E-state index contributed by atoms with van der Waals surface area (Å²) in [7, 11) is 3.30. The molecule has 105 heavy (non-hydrogen) atoms. The second kappa shape index (κ2) is 64.0. The lowest BCUT2D eigenvalue weighted by Crippen LogP contribution is -2.49. The number of carboxylic acids is 2. The molecule has 604 valence electrons. The summed E-state index contributed by atoms with van der Waals surface area (Å²) >= 11 is 0. The quantitative estimate of drug-likeness (QED) is 0.0252. The van der Waals surface area contributed by atoms with Crippen LogP contribution in [0, 0.1) is 0 Å². The average Bonchev–Trinajstić information content (AvgIpc) is 0.915. The predicted molar refractivity (Wildman–Crippen MR) is 381 cm³/mol. The number of carbonyl (C=O) groups excluding carboxylic acids is 11. The third-order valence-corrected chi connectivity index (χ3v) is 15.7. The van der Waals surface area contributed by atoms with E-state index in [0.717, 1.165) is 6.42 Å². The van der Waals surface area contributed by atoms with E-state index in [9.17, 15) is 72.5 Å². The molecule has 1 aliphatic heterocycles. The normalized spacial score (nSPS) is 14.3. The Morgan fingerprint density at radius 3 is 0.981 bits per heavy atom. The van der Waals surface area contributed by atoms with E-state index in [1.165, 1.54) is 6.92 Å². The maximum atomic E-state index is 13.3. The minimum atomic E-state index is -1.03. The molecular formula is C66H122N16O23. The Morgan fingerprint density at radius 1 is 0.333 bits per heavy atom. The van der Waals surface area contributed by atoms with Crippen LogP contribution in [-0.4, -0.2) is 369 Å². The lowest BCUT2D eigenvalue weighted by Gasteiger charge is -2.33. The molecular weight excluding hydrogens is 1380 g/mol. The van der Waals surface area contributed by atoms with E-state index < -0.39 is 53.7 Å². The maximum absolute atomic E-state index is 13.3. The summed E-state index contributed by atoms with van der Waals surface area (Å²) in [6.45, 7) is 7.04. The third kappa shape index (κ3) is 57.6. The van der Waals surface area contributed by atoms with Crippen LogP contribution in [0.25, 0.3) is 0 Å². The molecule has 1 heterocycles. The Balaban J connectivity index is 2.27. The van der Waals surface area contributed by atoms with E-state index in [4.69, 9.17) is 49.4 Å². The van der Waals surface area contributed by atoms with Crippen molar-refractivity contribution in [2.45, 2.75) is 102 Å². The number of hydrogen-bond acceptors (Lipinski definition) is 27. The summed E-state index contributed by atoms with van der Waals surface area (Å²) in [5, 5.41) is 46.5. The fourth-order valence-electron chi connectivity index (χ4n) is 10.1. The van der Waals surface area contributed by atoms with Gasteiger partial charge in [-0.1, -0.05) is 0 Å². The van der Waals surface area contributed by atoms with Gasteiger partial charge in [-0.2, -0.15) is 0 Å². The Kier molecular flexibility index (Phi) is 58.3. The first-order valence-corrected chi connectivity index (χ1v) is 36.1. The molecule has 16 N–H and O–H groups in total. The number of ether oxygens (including phenoxy) is 8. The van der Waals surface area contributed by atoms with Crippen LogP contribution < -0.4 is 64.6 Å². The smallest absolute Gasteiger partial charge is 0.317 e. The fourth-order valence-corrected chi connectivity index (χ4v) is 10.1. The van der Waals surface area contributed by atoms with Crippen molar-refractivity contribution in [2.24, 2.45) is 11.5 Å². The van der Waals surface area contributed by atoms with Gasteiger partial charge in [-0.25, -0.2) is 0 Å². The van der Waals surface area contributed by atoms with Crippen molar-refractivity contribution < 1.29 is 110 Å². The monoisotopic (exact) mass is 1510 g/mol. The standard InChI is InChI=1S/C66H122N16O23/c1-51(83)43-79-23-25-80(26-28-82(46-63(93)94)30-29-81(27-24-79)45-62(91)92)44-57(86)74-20-32-99-36-41-104-49-60(89)76-22-34-101-38-42-105-50-61(90)78-54(66(97)77-18-9-5-12-53(70-3)65(68)96)13-6-8-16-71-55(84)14-10-15-56(85)73-19-31-98-35-40-103-48-59(88)75-21-33-100-37-39-102-47-58(87)72-17-7-4-11-52(69-2)64(67)95/h52-54,69-70H,4-50H2,1-3H3,(H2,67,95)(H2,68,96)(H,71,84)(H,72,87)(H,73,85)(H,74,86)(H,75,88)(H,76,89)(H,77,97)(H,78,90)(H,91,92)(H,93,94)/t52-,53-,54-/m0/s1. The molecule has 1 rings (SSSR count). The van der Waals surface area contributed by atoms with Gasteiger partial charge in [-0.3, -0.25) is 81.9 Å². The highest BCUT2D eigenvalue weighted by Gasteiger charge is 2.24. The first kappa shape index (κ1) is 95.8. The summed E-state index contributed by atoms with van der Waals surface area (Å²) < 4.78 is 43.3. The molecule has 0 aromatic heterocycles. The number of aliphatic carboxylic acids is 2. The number of rotatable bonds is 65. The van der Waals surface area contributed by atoms with Crippen LogP contribution in [0.1, 0.15) is 84.0 Å². The number of likely N-dealkylation sites (N-methyl/N-ethyl adjacent to an activating group) is 2. The van der Waals surface area contributed by atoms with Gasteiger partial charge in [0.15, 0.2) is 0 Å². The number of unbranched alkanes of at least 4 members (excludes halogenated alkanes) is 3. The van der Waals surface area contributed by atoms with Crippen LogP contribution in [-0.2, 0) is 100 Å². The number of primary amides is 2. The fraction of sp³-hybridized carbons (Fsp3) is 0.803. The van der Waals surface area contributed by atoms with Crippen molar-refractivity contribution in [2.75, 3.05) is 244 Å². The predicted octanol–water partition coefficient (Wildman–Crippen LogP) is -6.77. The summed E-state index contributed by atoms with van der Waals surface area (Å²) in [6.07, 6.45) is 5.39. The molecule has 39 heteroatoms. The minimum absolute atomic E-state index is 0.0159. The van der Waals surface area contributed by atoms with Gasteiger partial charge in [0.1, 0.15) is 38.3 Å². The summed E-state index contributed by atoms with van der Waals surface area (Å²) in [5.41, 5.74) is 10.7. The molecule has 1 aliphatic rings. The molecule has 10 amide bonds. The number of nitrogens with zero attached hydrogens (tertiary/aromatic N) is 4. The second-order valence-corrected chi connectivity index (χ2v) is 24.6. The molecule has 0 aromatic carbocycles. The van der Waals surface area contributed by atoms with E-state index in [2.05, 4.69) is 53.2 Å². The van der Waals surface area contributed by atoms with E-state index in [1.807, 2.05) is 9.80 Å². The van der Waals surface area contributed by atoms with Crippen molar-refractivity contribution >= 4 is 76.8 Å². The first-order valence-electron chi connectivity index (χ1n) is 36.1. The number of Topliss-reactive ketones (excluding diaryl/α,β-unsaturated/α-hetero) is 1. The van der Waals surface area contributed by atoms with Gasteiger partial charge >= 0.3 is 11.9 Å². The van der Waals surface area contributed by atoms with Gasteiger partial charge in [0, 0.05) is 111 Å². The van der Waals surface area contributed by atoms with Crippen molar-refractivity contribution in [1.82, 2.24) is 72.8 Å². The number of nitrogens with two attached hydrogens (primary N) is 2. The van der Waals surface area contributed by atoms with Gasteiger partial charge < -0.3 is 113 Å². The Hall–Kier alpha value is -7.25. The van der Waals surface area contributed by atoms with Gasteiger partial charge in [0.25, 0.3) is 0 Å².